The summed E-state index contributed by atoms with van der Waals surface area (Å²) in [7, 11) is 0. The Labute approximate surface area is 94.0 Å². The third-order valence-corrected chi connectivity index (χ3v) is 0.516. The summed E-state index contributed by atoms with van der Waals surface area (Å²) in [5.74, 6) is -3.00. The molecule has 1 radical (unpaired) electrons. The van der Waals surface area contributed by atoms with Crippen molar-refractivity contribution >= 4 is 63.3 Å². The van der Waals surface area contributed by atoms with Crippen molar-refractivity contribution in [3.8, 4) is 0 Å². The van der Waals surface area contributed by atoms with Gasteiger partial charge in [0.25, 0.3) is 0 Å². The van der Waals surface area contributed by atoms with E-state index in [1.54, 1.807) is 0 Å². The van der Waals surface area contributed by atoms with Crippen LogP contribution in [0.3, 0.4) is 0 Å². The van der Waals surface area contributed by atoms with Crippen molar-refractivity contribution in [1.29, 1.82) is 0 Å². The minimum Gasteiger partial charge on any atom is -0.477 e. The minimum absolute atomic E-state index is 0. The largest absolute Gasteiger partial charge is 0.477 e. The molecule has 4 nitrogen and oxygen atoms in total. The van der Waals surface area contributed by atoms with Crippen LogP contribution in [0.4, 0.5) is 0 Å². The Morgan fingerprint density at radius 1 is 1.11 bits per heavy atom. The van der Waals surface area contributed by atoms with Gasteiger partial charge in [-0.1, -0.05) is 6.58 Å². The molecule has 0 heterocycles. The monoisotopic (exact) mass is 155 g/mol. The Morgan fingerprint density at radius 3 is 1.33 bits per heavy atom. The zero-order chi connectivity index (χ0) is 6.73. The first-order valence-electron chi connectivity index (χ1n) is 1.71. The van der Waals surface area contributed by atoms with Crippen molar-refractivity contribution in [3.63, 3.8) is 0 Å². The molecule has 45 valence electrons. The van der Waals surface area contributed by atoms with Crippen molar-refractivity contribution in [2.24, 2.45) is 0 Å². The third kappa shape index (κ3) is 4.80. The van der Waals surface area contributed by atoms with Crippen molar-refractivity contribution in [3.05, 3.63) is 12.2 Å². The summed E-state index contributed by atoms with van der Waals surface area (Å²) < 4.78 is 0. The molecular formula is C4H4KO4. The summed E-state index contributed by atoms with van der Waals surface area (Å²) in [6, 6.07) is 0. The van der Waals surface area contributed by atoms with Crippen molar-refractivity contribution in [1.82, 2.24) is 0 Å². The Kier molecular flexibility index (Phi) is 6.86. The Morgan fingerprint density at radius 2 is 1.33 bits per heavy atom. The van der Waals surface area contributed by atoms with Gasteiger partial charge in [0.1, 0.15) is 5.57 Å². The molecule has 0 aliphatic rings. The van der Waals surface area contributed by atoms with Gasteiger partial charge in [0, 0.05) is 51.4 Å². The fourth-order valence-corrected chi connectivity index (χ4v) is 0.0915. The van der Waals surface area contributed by atoms with Gasteiger partial charge < -0.3 is 10.2 Å². The first kappa shape index (κ1) is 12.0. The summed E-state index contributed by atoms with van der Waals surface area (Å²) in [4.78, 5) is 19.3. The average molecular weight is 155 g/mol. The molecule has 0 unspecified atom stereocenters. The summed E-state index contributed by atoms with van der Waals surface area (Å²) in [6.45, 7) is 2.75. The number of hydrogen-bond acceptors (Lipinski definition) is 2. The van der Waals surface area contributed by atoms with Crippen LogP contribution in [0.25, 0.3) is 0 Å². The van der Waals surface area contributed by atoms with E-state index < -0.39 is 17.5 Å². The van der Waals surface area contributed by atoms with Crippen LogP contribution in [-0.4, -0.2) is 73.5 Å². The van der Waals surface area contributed by atoms with Crippen LogP contribution in [0.5, 0.6) is 0 Å². The molecule has 0 bridgehead atoms. The van der Waals surface area contributed by atoms with Crippen LogP contribution < -0.4 is 0 Å². The molecule has 0 aromatic rings. The first-order chi connectivity index (χ1) is 3.55. The predicted octanol–water partition coefficient (Wildman–Crippen LogP) is -0.669. The molecule has 0 fully saturated rings. The summed E-state index contributed by atoms with van der Waals surface area (Å²) in [5, 5.41) is 15.7. The number of carbonyl (C=O) groups is 2. The standard InChI is InChI=1S/C4H4O4.K/c1-2(3(5)6)4(7)8;/h1H2,(H,5,6)(H,7,8);. The second kappa shape index (κ2) is 5.13. The second-order valence-electron chi connectivity index (χ2n) is 1.09. The molecule has 0 aliphatic carbocycles. The van der Waals surface area contributed by atoms with Crippen LogP contribution in [0.1, 0.15) is 0 Å². The van der Waals surface area contributed by atoms with Crippen molar-refractivity contribution in [2.45, 2.75) is 0 Å². The van der Waals surface area contributed by atoms with Gasteiger partial charge in [0.2, 0.25) is 0 Å². The molecule has 0 saturated carbocycles. The molecule has 0 aromatic carbocycles. The maximum Gasteiger partial charge on any atom is 0.342 e. The molecule has 0 aromatic heterocycles. The molecule has 5 heteroatoms. The van der Waals surface area contributed by atoms with Gasteiger partial charge in [0.15, 0.2) is 0 Å². The maximum absolute atomic E-state index is 9.66. The van der Waals surface area contributed by atoms with Crippen LogP contribution >= 0.6 is 0 Å². The van der Waals surface area contributed by atoms with E-state index in [1.807, 2.05) is 0 Å². The number of carboxylic acid groups (broad SMARTS) is 2. The molecule has 0 spiro atoms. The topological polar surface area (TPSA) is 74.6 Å². The third-order valence-electron chi connectivity index (χ3n) is 0.516. The molecule has 2 N–H and O–H groups in total. The van der Waals surface area contributed by atoms with E-state index in [1.165, 1.54) is 0 Å². The average Bonchev–Trinajstić information content (AvgIpc) is 1.64. The van der Waals surface area contributed by atoms with E-state index in [0.29, 0.717) is 0 Å². The Hall–Kier alpha value is 0.316. The van der Waals surface area contributed by atoms with Gasteiger partial charge in [-0.25, -0.2) is 9.59 Å². The molecule has 0 amide bonds. The fourth-order valence-electron chi connectivity index (χ4n) is 0.0915. The van der Waals surface area contributed by atoms with Gasteiger partial charge in [-0.05, 0) is 0 Å². The molecule has 0 atom stereocenters. The van der Waals surface area contributed by atoms with E-state index in [-0.39, 0.29) is 51.4 Å². The minimum atomic E-state index is -1.50. The zero-order valence-electron chi connectivity index (χ0n) is 4.92. The summed E-state index contributed by atoms with van der Waals surface area (Å²) in [5.41, 5.74) is -0.815. The van der Waals surface area contributed by atoms with Crippen LogP contribution in [0.2, 0.25) is 0 Å². The van der Waals surface area contributed by atoms with E-state index in [2.05, 4.69) is 6.58 Å². The smallest absolute Gasteiger partial charge is 0.342 e. The Balaban J connectivity index is 0. The fraction of sp³-hybridized carbons (Fsp3) is 0. The van der Waals surface area contributed by atoms with Crippen LogP contribution in [-0.2, 0) is 9.59 Å². The molecule has 0 saturated heterocycles. The number of aliphatic carboxylic acids is 2. The SMILES string of the molecule is C=C(C(=O)O)C(=O)O.[K]. The normalized spacial score (nSPS) is 7.11. The van der Waals surface area contributed by atoms with E-state index in [0.717, 1.165) is 0 Å². The number of carboxylic acids is 2. The van der Waals surface area contributed by atoms with Crippen molar-refractivity contribution in [2.75, 3.05) is 0 Å². The maximum atomic E-state index is 9.66. The zero-order valence-corrected chi connectivity index (χ0v) is 8.04. The number of rotatable bonds is 2. The van der Waals surface area contributed by atoms with E-state index in [4.69, 9.17) is 10.2 Å². The quantitative estimate of drug-likeness (QED) is 0.240. The molecule has 0 rings (SSSR count). The molecular weight excluding hydrogens is 151 g/mol. The van der Waals surface area contributed by atoms with Gasteiger partial charge in [0.05, 0.1) is 0 Å². The van der Waals surface area contributed by atoms with Gasteiger partial charge >= 0.3 is 11.9 Å². The van der Waals surface area contributed by atoms with Gasteiger partial charge in [-0.2, -0.15) is 0 Å². The van der Waals surface area contributed by atoms with Gasteiger partial charge in [-0.3, -0.25) is 0 Å². The molecule has 0 aliphatic heterocycles. The van der Waals surface area contributed by atoms with Crippen LogP contribution in [0.15, 0.2) is 12.2 Å². The summed E-state index contributed by atoms with van der Waals surface area (Å²) >= 11 is 0. The predicted molar refractivity (Wildman–Crippen MR) is 30.2 cm³/mol. The van der Waals surface area contributed by atoms with Crippen molar-refractivity contribution < 1.29 is 19.8 Å². The van der Waals surface area contributed by atoms with Crippen LogP contribution in [0, 0.1) is 0 Å². The van der Waals surface area contributed by atoms with Gasteiger partial charge in [-0.15, -0.1) is 0 Å². The van der Waals surface area contributed by atoms with E-state index in [9.17, 15) is 9.59 Å². The van der Waals surface area contributed by atoms with E-state index >= 15 is 0 Å². The molecule has 9 heavy (non-hydrogen) atoms. The number of hydrogen-bond donors (Lipinski definition) is 2. The second-order valence-corrected chi connectivity index (χ2v) is 1.09. The first-order valence-corrected chi connectivity index (χ1v) is 1.71. The summed E-state index contributed by atoms with van der Waals surface area (Å²) in [6.07, 6.45) is 0. The Bertz CT molecular complexity index is 135.